The van der Waals surface area contributed by atoms with E-state index in [0.29, 0.717) is 66.3 Å². The van der Waals surface area contributed by atoms with Gasteiger partial charge in [0.1, 0.15) is 23.3 Å². The highest BCUT2D eigenvalue weighted by Crippen LogP contribution is 2.30. The molecule has 216 valence electrons. The van der Waals surface area contributed by atoms with Gasteiger partial charge in [0.05, 0.1) is 28.0 Å². The van der Waals surface area contributed by atoms with Crippen LogP contribution >= 0.6 is 0 Å². The van der Waals surface area contributed by atoms with Gasteiger partial charge in [-0.3, -0.25) is 19.4 Å². The van der Waals surface area contributed by atoms with E-state index in [1.54, 1.807) is 17.0 Å². The van der Waals surface area contributed by atoms with Gasteiger partial charge in [0.2, 0.25) is 11.9 Å². The van der Waals surface area contributed by atoms with E-state index in [1.807, 2.05) is 48.5 Å². The van der Waals surface area contributed by atoms with Crippen molar-refractivity contribution in [2.24, 2.45) is 5.92 Å². The second-order valence-corrected chi connectivity index (χ2v) is 10.4. The van der Waals surface area contributed by atoms with Crippen LogP contribution in [0.5, 0.6) is 0 Å². The molecule has 5 rings (SSSR count). The van der Waals surface area contributed by atoms with Crippen molar-refractivity contribution in [1.29, 1.82) is 5.26 Å². The Morgan fingerprint density at radius 1 is 1.12 bits per heavy atom. The van der Waals surface area contributed by atoms with Gasteiger partial charge in [-0.2, -0.15) is 10.2 Å². The molecule has 0 aliphatic carbocycles. The molecule has 1 aliphatic heterocycles. The summed E-state index contributed by atoms with van der Waals surface area (Å²) in [5.41, 5.74) is 10.4. The smallest absolute Gasteiger partial charge is 0.268 e. The summed E-state index contributed by atoms with van der Waals surface area (Å²) in [6.07, 6.45) is 2.95. The zero-order valence-corrected chi connectivity index (χ0v) is 23.4. The molecule has 0 radical (unpaired) electrons. The zero-order chi connectivity index (χ0) is 29.6. The van der Waals surface area contributed by atoms with Gasteiger partial charge in [-0.25, -0.2) is 15.4 Å². The van der Waals surface area contributed by atoms with E-state index in [0.717, 1.165) is 24.2 Å². The molecule has 12 nitrogen and oxygen atoms in total. The van der Waals surface area contributed by atoms with Crippen molar-refractivity contribution in [3.63, 3.8) is 0 Å². The van der Waals surface area contributed by atoms with Gasteiger partial charge in [0, 0.05) is 32.5 Å². The lowest BCUT2D eigenvalue weighted by molar-refractivity contribution is -0.130. The Kier molecular flexibility index (Phi) is 8.59. The molecule has 12 heteroatoms. The van der Waals surface area contributed by atoms with Crippen molar-refractivity contribution in [3.8, 4) is 11.8 Å². The zero-order valence-electron chi connectivity index (χ0n) is 23.4. The Hall–Kier alpha value is -5.02. The van der Waals surface area contributed by atoms with Gasteiger partial charge in [-0.1, -0.05) is 24.3 Å². The number of aryl methyl sites for hydroxylation is 2. The number of carbonyl (C=O) groups excluding carboxylic acids is 1. The Labute approximate surface area is 242 Å². The molecule has 2 aromatic carbocycles. The molecule has 1 saturated heterocycles. The SMILES string of the molecule is Cc1nc(N)nc(NCCCc2nc3cccc(N4CCC(CC(=O)NO)CC4)c3c(=O)n2-c2ccccc2)c1C#N. The van der Waals surface area contributed by atoms with Crippen LogP contribution in [0.25, 0.3) is 16.6 Å². The van der Waals surface area contributed by atoms with Crippen LogP contribution in [0.15, 0.2) is 53.3 Å². The van der Waals surface area contributed by atoms with Crippen LogP contribution in [0.3, 0.4) is 0 Å². The minimum absolute atomic E-state index is 0.0961. The maximum absolute atomic E-state index is 14.2. The lowest BCUT2D eigenvalue weighted by atomic mass is 9.93. The van der Waals surface area contributed by atoms with Crippen LogP contribution in [0, 0.1) is 24.2 Å². The molecular formula is C30H33N9O3. The Morgan fingerprint density at radius 3 is 2.60 bits per heavy atom. The first-order chi connectivity index (χ1) is 20.4. The van der Waals surface area contributed by atoms with Gasteiger partial charge in [-0.15, -0.1) is 0 Å². The number of para-hydroxylation sites is 1. The van der Waals surface area contributed by atoms with E-state index < -0.39 is 0 Å². The standard InChI is InChI=1S/C30H33N9O3/c1-19-22(18-31)28(36-30(32)34-19)33-14-6-11-25-35-23-9-5-10-24(38-15-12-20(13-16-38)17-26(40)37-42)27(23)29(41)39(25)21-7-3-2-4-8-21/h2-5,7-10,20,42H,6,11-17H2,1H3,(H,37,40)(H3,32,33,34,36). The van der Waals surface area contributed by atoms with E-state index in [2.05, 4.69) is 26.3 Å². The van der Waals surface area contributed by atoms with Crippen LogP contribution < -0.4 is 27.0 Å². The van der Waals surface area contributed by atoms with Crippen LogP contribution in [-0.2, 0) is 11.2 Å². The monoisotopic (exact) mass is 567 g/mol. The van der Waals surface area contributed by atoms with Gasteiger partial charge in [0.15, 0.2) is 0 Å². The molecule has 5 N–H and O–H groups in total. The average molecular weight is 568 g/mol. The normalized spacial score (nSPS) is 13.6. The maximum Gasteiger partial charge on any atom is 0.268 e. The second kappa shape index (κ2) is 12.7. The summed E-state index contributed by atoms with van der Waals surface area (Å²) in [7, 11) is 0. The van der Waals surface area contributed by atoms with E-state index >= 15 is 0 Å². The highest BCUT2D eigenvalue weighted by atomic mass is 16.5. The van der Waals surface area contributed by atoms with E-state index in [-0.39, 0.29) is 29.8 Å². The number of aromatic nitrogens is 4. The highest BCUT2D eigenvalue weighted by molar-refractivity contribution is 5.91. The fraction of sp³-hybridized carbons (Fsp3) is 0.333. The van der Waals surface area contributed by atoms with Crippen molar-refractivity contribution >= 4 is 34.3 Å². The highest BCUT2D eigenvalue weighted by Gasteiger charge is 2.24. The van der Waals surface area contributed by atoms with Crippen LogP contribution in [0.2, 0.25) is 0 Å². The fourth-order valence-electron chi connectivity index (χ4n) is 5.53. The number of hydrogen-bond acceptors (Lipinski definition) is 10. The molecule has 0 unspecified atom stereocenters. The lowest BCUT2D eigenvalue weighted by Gasteiger charge is -2.34. The van der Waals surface area contributed by atoms with Gasteiger partial charge in [-0.05, 0) is 56.4 Å². The largest absolute Gasteiger partial charge is 0.371 e. The number of nitriles is 1. The third-order valence-electron chi connectivity index (χ3n) is 7.60. The first-order valence-electron chi connectivity index (χ1n) is 14.0. The number of rotatable bonds is 9. The average Bonchev–Trinajstić information content (AvgIpc) is 2.99. The Balaban J connectivity index is 1.43. The molecule has 1 aliphatic rings. The minimum atomic E-state index is -0.377. The summed E-state index contributed by atoms with van der Waals surface area (Å²) in [6.45, 7) is 3.58. The lowest BCUT2D eigenvalue weighted by Crippen LogP contribution is -2.36. The quantitative estimate of drug-likeness (QED) is 0.134. The first kappa shape index (κ1) is 28.5. The summed E-state index contributed by atoms with van der Waals surface area (Å²) in [5.74, 6) is 0.914. The topological polar surface area (TPSA) is 175 Å². The van der Waals surface area contributed by atoms with Gasteiger partial charge < -0.3 is 16.0 Å². The Bertz CT molecular complexity index is 1690. The van der Waals surface area contributed by atoms with Crippen molar-refractivity contribution in [3.05, 3.63) is 76.0 Å². The van der Waals surface area contributed by atoms with Gasteiger partial charge >= 0.3 is 0 Å². The van der Waals surface area contributed by atoms with Crippen LogP contribution in [0.4, 0.5) is 17.5 Å². The molecule has 2 aromatic heterocycles. The third-order valence-corrected chi connectivity index (χ3v) is 7.60. The summed E-state index contributed by atoms with van der Waals surface area (Å²) < 4.78 is 1.68. The molecular weight excluding hydrogens is 534 g/mol. The number of nitrogen functional groups attached to an aromatic ring is 1. The molecule has 1 amide bonds. The number of nitrogens with zero attached hydrogens (tertiary/aromatic N) is 6. The number of fused-ring (bicyclic) bond motifs is 1. The molecule has 1 fully saturated rings. The molecule has 0 bridgehead atoms. The number of carbonyl (C=O) groups is 1. The minimum Gasteiger partial charge on any atom is -0.371 e. The first-order valence-corrected chi connectivity index (χ1v) is 14.0. The molecule has 3 heterocycles. The number of nitrogens with two attached hydrogens (primary N) is 1. The van der Waals surface area contributed by atoms with Crippen LogP contribution in [0.1, 0.15) is 42.8 Å². The number of hydroxylamine groups is 1. The third kappa shape index (κ3) is 6.01. The molecule has 42 heavy (non-hydrogen) atoms. The molecule has 4 aromatic rings. The van der Waals surface area contributed by atoms with Crippen molar-refractivity contribution in [1.82, 2.24) is 25.0 Å². The summed E-state index contributed by atoms with van der Waals surface area (Å²) in [4.78, 5) is 41.2. The van der Waals surface area contributed by atoms with Crippen molar-refractivity contribution in [2.45, 2.75) is 39.0 Å². The summed E-state index contributed by atoms with van der Waals surface area (Å²) in [5, 5.41) is 22.1. The number of amides is 1. The fourth-order valence-corrected chi connectivity index (χ4v) is 5.53. The van der Waals surface area contributed by atoms with E-state index in [9.17, 15) is 14.9 Å². The number of hydrogen-bond donors (Lipinski definition) is 4. The number of benzene rings is 2. The summed E-state index contributed by atoms with van der Waals surface area (Å²) >= 11 is 0. The molecule has 0 saturated carbocycles. The van der Waals surface area contributed by atoms with E-state index in [4.69, 9.17) is 15.9 Å². The number of anilines is 3. The predicted molar refractivity (Wildman–Crippen MR) is 160 cm³/mol. The summed E-state index contributed by atoms with van der Waals surface area (Å²) in [6, 6.07) is 17.3. The van der Waals surface area contributed by atoms with Gasteiger partial charge in [0.25, 0.3) is 5.56 Å². The molecule has 0 atom stereocenters. The van der Waals surface area contributed by atoms with E-state index in [1.165, 1.54) is 0 Å². The van der Waals surface area contributed by atoms with Crippen LogP contribution in [-0.4, -0.2) is 50.3 Å². The predicted octanol–water partition coefficient (Wildman–Crippen LogP) is 3.09. The maximum atomic E-state index is 14.2. The molecule has 0 spiro atoms. The number of nitrogens with one attached hydrogen (secondary N) is 2. The number of piperidine rings is 1. The van der Waals surface area contributed by atoms with Crippen molar-refractivity contribution < 1.29 is 10.0 Å². The Morgan fingerprint density at radius 2 is 1.88 bits per heavy atom. The van der Waals surface area contributed by atoms with Crippen molar-refractivity contribution in [2.75, 3.05) is 35.6 Å². The second-order valence-electron chi connectivity index (χ2n) is 10.4.